The first-order valence-corrected chi connectivity index (χ1v) is 21.3. The smallest absolute Gasteiger partial charge is 0.238 e. The summed E-state index contributed by atoms with van der Waals surface area (Å²) >= 11 is 0. The Balaban J connectivity index is 1.08. The third kappa shape index (κ3) is 4.86. The van der Waals surface area contributed by atoms with Crippen LogP contribution in [0.1, 0.15) is 0 Å². The molecule has 0 unspecified atom stereocenters. The van der Waals surface area contributed by atoms with E-state index in [2.05, 4.69) is 185 Å². The number of fused-ring (bicyclic) bond motifs is 9. The summed E-state index contributed by atoms with van der Waals surface area (Å²) in [6.07, 6.45) is 0. The molecule has 6 heteroatoms. The lowest BCUT2D eigenvalue weighted by Gasteiger charge is -2.15. The molecular weight excluding hydrogens is 771 g/mol. The summed E-state index contributed by atoms with van der Waals surface area (Å²) < 4.78 is 11.3. The molecule has 0 bridgehead atoms. The second-order valence-electron chi connectivity index (χ2n) is 16.3. The van der Waals surface area contributed by atoms with Crippen LogP contribution in [-0.4, -0.2) is 24.1 Å². The van der Waals surface area contributed by atoms with Crippen molar-refractivity contribution in [1.82, 2.24) is 24.1 Å². The Morgan fingerprint density at radius 2 is 0.873 bits per heavy atom. The van der Waals surface area contributed by atoms with Crippen LogP contribution in [-0.2, 0) is 0 Å². The number of para-hydroxylation sites is 4. The van der Waals surface area contributed by atoms with Gasteiger partial charge in [0.2, 0.25) is 5.95 Å². The van der Waals surface area contributed by atoms with Gasteiger partial charge in [-0.2, -0.15) is 9.97 Å². The molecule has 6 nitrogen and oxygen atoms in total. The molecular formula is C57H33N5O. The van der Waals surface area contributed by atoms with Gasteiger partial charge in [0.15, 0.2) is 11.6 Å². The average Bonchev–Trinajstić information content (AvgIpc) is 4.02. The largest absolute Gasteiger partial charge is 0.455 e. The van der Waals surface area contributed by atoms with E-state index in [1.54, 1.807) is 0 Å². The first kappa shape index (κ1) is 34.1. The SMILES string of the molecule is c1ccc(-c2ccc(-c3nc(-c4cccc5c4oc4ccccc45)nc(-n4c5ccccc5c5cccc(-n6c7cccc8c9ccccc9c9cccc6c9c87)c54)n3)cc2)cc1. The molecule has 292 valence electrons. The Labute approximate surface area is 359 Å². The molecule has 0 spiro atoms. The molecule has 0 saturated carbocycles. The van der Waals surface area contributed by atoms with E-state index >= 15 is 0 Å². The molecule has 4 heterocycles. The number of furan rings is 1. The lowest BCUT2D eigenvalue weighted by atomic mass is 9.95. The molecule has 14 aromatic rings. The first-order chi connectivity index (χ1) is 31.3. The standard InChI is InChI=1S/C57H33N5O/c1-2-14-34(15-3-1)35-30-32-36(33-31-35)55-58-56(45-24-10-23-44-40-19-7-9-29-50(40)63-54(44)45)60-57(59-55)62-46-25-8-6-18-39(46)43-22-13-28-49(53(43)62)61-47-26-11-20-41-37-16-4-5-17-38(37)42-21-12-27-48(61)52(42)51(41)47/h1-33H. The van der Waals surface area contributed by atoms with Crippen molar-refractivity contribution < 1.29 is 4.42 Å². The van der Waals surface area contributed by atoms with Gasteiger partial charge in [-0.15, -0.1) is 0 Å². The van der Waals surface area contributed by atoms with Crippen LogP contribution in [0.4, 0.5) is 0 Å². The number of hydrogen-bond acceptors (Lipinski definition) is 4. The third-order valence-corrected chi connectivity index (χ3v) is 13.0. The van der Waals surface area contributed by atoms with Crippen LogP contribution in [0, 0.1) is 0 Å². The molecule has 63 heavy (non-hydrogen) atoms. The van der Waals surface area contributed by atoms with E-state index in [4.69, 9.17) is 19.4 Å². The van der Waals surface area contributed by atoms with E-state index < -0.39 is 0 Å². The summed E-state index contributed by atoms with van der Waals surface area (Å²) in [6, 6.07) is 70.7. The number of benzene rings is 10. The van der Waals surface area contributed by atoms with Crippen molar-refractivity contribution in [1.29, 1.82) is 0 Å². The maximum atomic E-state index is 6.61. The lowest BCUT2D eigenvalue weighted by Crippen LogP contribution is -2.08. The van der Waals surface area contributed by atoms with Gasteiger partial charge in [0.1, 0.15) is 11.2 Å². The molecule has 4 aromatic heterocycles. The second kappa shape index (κ2) is 12.9. The predicted molar refractivity (Wildman–Crippen MR) is 258 cm³/mol. The van der Waals surface area contributed by atoms with Gasteiger partial charge in [-0.1, -0.05) is 164 Å². The van der Waals surface area contributed by atoms with Crippen LogP contribution in [0.25, 0.3) is 133 Å². The molecule has 10 aromatic carbocycles. The molecule has 0 fully saturated rings. The molecule has 0 aliphatic heterocycles. The van der Waals surface area contributed by atoms with E-state index in [0.29, 0.717) is 17.6 Å². The normalized spacial score (nSPS) is 12.1. The highest BCUT2D eigenvalue weighted by Gasteiger charge is 2.25. The molecule has 0 aliphatic carbocycles. The first-order valence-electron chi connectivity index (χ1n) is 21.3. The number of hydrogen-bond donors (Lipinski definition) is 0. The molecule has 0 amide bonds. The van der Waals surface area contributed by atoms with Gasteiger partial charge in [0, 0.05) is 37.9 Å². The zero-order chi connectivity index (χ0) is 41.2. The molecule has 0 aliphatic rings. The third-order valence-electron chi connectivity index (χ3n) is 13.0. The van der Waals surface area contributed by atoms with Crippen LogP contribution < -0.4 is 0 Å². The summed E-state index contributed by atoms with van der Waals surface area (Å²) in [4.78, 5) is 16.1. The van der Waals surface area contributed by atoms with Crippen molar-refractivity contribution in [3.8, 4) is 45.5 Å². The van der Waals surface area contributed by atoms with E-state index in [-0.39, 0.29) is 0 Å². The maximum Gasteiger partial charge on any atom is 0.238 e. The molecule has 14 rings (SSSR count). The molecule has 0 saturated heterocycles. The highest BCUT2D eigenvalue weighted by Crippen LogP contribution is 2.46. The van der Waals surface area contributed by atoms with Crippen molar-refractivity contribution in [2.24, 2.45) is 0 Å². The Bertz CT molecular complexity index is 4050. The minimum Gasteiger partial charge on any atom is -0.455 e. The molecule has 0 radical (unpaired) electrons. The monoisotopic (exact) mass is 803 g/mol. The summed E-state index contributed by atoms with van der Waals surface area (Å²) in [5, 5.41) is 11.9. The Kier molecular flexibility index (Phi) is 7.02. The van der Waals surface area contributed by atoms with Crippen molar-refractivity contribution >= 4 is 87.1 Å². The number of rotatable bonds is 5. The van der Waals surface area contributed by atoms with E-state index in [1.165, 1.54) is 32.3 Å². The fourth-order valence-corrected chi connectivity index (χ4v) is 10.2. The van der Waals surface area contributed by atoms with Crippen LogP contribution in [0.5, 0.6) is 0 Å². The van der Waals surface area contributed by atoms with Gasteiger partial charge < -0.3 is 8.98 Å². The maximum absolute atomic E-state index is 6.61. The fourth-order valence-electron chi connectivity index (χ4n) is 10.2. The van der Waals surface area contributed by atoms with Crippen molar-refractivity contribution in [3.63, 3.8) is 0 Å². The van der Waals surface area contributed by atoms with Crippen LogP contribution in [0.3, 0.4) is 0 Å². The van der Waals surface area contributed by atoms with E-state index in [0.717, 1.165) is 82.7 Å². The highest BCUT2D eigenvalue weighted by atomic mass is 16.3. The predicted octanol–water partition coefficient (Wildman–Crippen LogP) is 14.7. The van der Waals surface area contributed by atoms with E-state index in [9.17, 15) is 0 Å². The Hall–Kier alpha value is -8.61. The molecule has 0 atom stereocenters. The van der Waals surface area contributed by atoms with Crippen LogP contribution in [0.2, 0.25) is 0 Å². The number of nitrogens with zero attached hydrogens (tertiary/aromatic N) is 5. The Morgan fingerprint density at radius 3 is 1.63 bits per heavy atom. The van der Waals surface area contributed by atoms with Gasteiger partial charge in [-0.05, 0) is 69.1 Å². The fraction of sp³-hybridized carbons (Fsp3) is 0. The van der Waals surface area contributed by atoms with Crippen molar-refractivity contribution in [3.05, 3.63) is 200 Å². The van der Waals surface area contributed by atoms with Gasteiger partial charge in [-0.3, -0.25) is 4.57 Å². The lowest BCUT2D eigenvalue weighted by molar-refractivity contribution is 0.669. The van der Waals surface area contributed by atoms with Crippen LogP contribution >= 0.6 is 0 Å². The topological polar surface area (TPSA) is 61.7 Å². The Morgan fingerprint density at radius 1 is 0.333 bits per heavy atom. The van der Waals surface area contributed by atoms with Gasteiger partial charge in [-0.25, -0.2) is 4.98 Å². The zero-order valence-electron chi connectivity index (χ0n) is 33.7. The number of aromatic nitrogens is 5. The summed E-state index contributed by atoms with van der Waals surface area (Å²) in [5.74, 6) is 1.62. The highest BCUT2D eigenvalue weighted by molar-refractivity contribution is 6.34. The minimum atomic E-state index is 0.521. The van der Waals surface area contributed by atoms with E-state index in [1.807, 2.05) is 24.3 Å². The van der Waals surface area contributed by atoms with Gasteiger partial charge in [0.05, 0.1) is 33.3 Å². The second-order valence-corrected chi connectivity index (χ2v) is 16.3. The minimum absolute atomic E-state index is 0.521. The quantitative estimate of drug-likeness (QED) is 0.163. The van der Waals surface area contributed by atoms with Gasteiger partial charge in [0.25, 0.3) is 0 Å². The van der Waals surface area contributed by atoms with Crippen LogP contribution in [0.15, 0.2) is 205 Å². The van der Waals surface area contributed by atoms with Crippen molar-refractivity contribution in [2.75, 3.05) is 0 Å². The van der Waals surface area contributed by atoms with Crippen molar-refractivity contribution in [2.45, 2.75) is 0 Å². The zero-order valence-corrected chi connectivity index (χ0v) is 33.7. The van der Waals surface area contributed by atoms with Gasteiger partial charge >= 0.3 is 0 Å². The summed E-state index contributed by atoms with van der Waals surface area (Å²) in [6.45, 7) is 0. The summed E-state index contributed by atoms with van der Waals surface area (Å²) in [5.41, 5.74) is 10.9. The molecule has 0 N–H and O–H groups in total. The average molecular weight is 804 g/mol. The summed E-state index contributed by atoms with van der Waals surface area (Å²) in [7, 11) is 0.